The van der Waals surface area contributed by atoms with Crippen LogP contribution in [-0.2, 0) is 6.61 Å². The molecule has 0 aliphatic rings. The first kappa shape index (κ1) is 24.7. The highest BCUT2D eigenvalue weighted by Gasteiger charge is 2.14. The van der Waals surface area contributed by atoms with Crippen LogP contribution in [-0.4, -0.2) is 30.3 Å². The number of halogens is 2. The molecule has 182 valence electrons. The number of hydrogen-bond acceptors (Lipinski definition) is 7. The first-order valence-electron chi connectivity index (χ1n) is 11.1. The first-order chi connectivity index (χ1) is 17.0. The van der Waals surface area contributed by atoms with E-state index < -0.39 is 0 Å². The SMILES string of the molecule is CCOc1cc2ncnc(Nc3ccc(OCc4c(Cl)cccc4Cl)c(OC)c3)c2cc1OCC. The van der Waals surface area contributed by atoms with E-state index in [0.717, 1.165) is 16.6 Å². The van der Waals surface area contributed by atoms with Gasteiger partial charge in [0.2, 0.25) is 0 Å². The zero-order valence-corrected chi connectivity index (χ0v) is 21.1. The Morgan fingerprint density at radius 1 is 0.800 bits per heavy atom. The number of aromatic nitrogens is 2. The summed E-state index contributed by atoms with van der Waals surface area (Å²) < 4.78 is 23.0. The van der Waals surface area contributed by atoms with E-state index in [-0.39, 0.29) is 6.61 Å². The van der Waals surface area contributed by atoms with Gasteiger partial charge in [0, 0.05) is 38.8 Å². The molecule has 9 heteroatoms. The molecule has 1 N–H and O–H groups in total. The number of ether oxygens (including phenoxy) is 4. The van der Waals surface area contributed by atoms with Gasteiger partial charge in [-0.15, -0.1) is 0 Å². The van der Waals surface area contributed by atoms with Gasteiger partial charge in [0.1, 0.15) is 18.8 Å². The fourth-order valence-electron chi connectivity index (χ4n) is 3.52. The molecule has 0 aliphatic heterocycles. The number of anilines is 2. The molecule has 0 amide bonds. The smallest absolute Gasteiger partial charge is 0.163 e. The maximum Gasteiger partial charge on any atom is 0.163 e. The largest absolute Gasteiger partial charge is 0.493 e. The van der Waals surface area contributed by atoms with Gasteiger partial charge in [-0.2, -0.15) is 0 Å². The molecule has 7 nitrogen and oxygen atoms in total. The lowest BCUT2D eigenvalue weighted by Gasteiger charge is -2.16. The molecule has 4 rings (SSSR count). The molecular weight excluding hydrogens is 489 g/mol. The molecule has 3 aromatic carbocycles. The molecule has 0 unspecified atom stereocenters. The number of benzene rings is 3. The van der Waals surface area contributed by atoms with E-state index in [1.54, 1.807) is 25.3 Å². The van der Waals surface area contributed by atoms with Crippen LogP contribution in [0.25, 0.3) is 10.9 Å². The highest BCUT2D eigenvalue weighted by atomic mass is 35.5. The summed E-state index contributed by atoms with van der Waals surface area (Å²) in [6.45, 7) is 5.10. The molecule has 0 saturated carbocycles. The average molecular weight is 514 g/mol. The summed E-state index contributed by atoms with van der Waals surface area (Å²) in [6, 6.07) is 14.6. The summed E-state index contributed by atoms with van der Waals surface area (Å²) >= 11 is 12.5. The highest BCUT2D eigenvalue weighted by Crippen LogP contribution is 2.37. The van der Waals surface area contributed by atoms with Crippen LogP contribution in [0.4, 0.5) is 11.5 Å². The van der Waals surface area contributed by atoms with Crippen molar-refractivity contribution in [3.05, 3.63) is 70.5 Å². The van der Waals surface area contributed by atoms with Crippen molar-refractivity contribution < 1.29 is 18.9 Å². The monoisotopic (exact) mass is 513 g/mol. The van der Waals surface area contributed by atoms with E-state index in [4.69, 9.17) is 42.1 Å². The second-order valence-corrected chi connectivity index (χ2v) is 8.20. The third kappa shape index (κ3) is 5.63. The second kappa shape index (κ2) is 11.3. The molecule has 1 aromatic heterocycles. The molecule has 4 aromatic rings. The van der Waals surface area contributed by atoms with Gasteiger partial charge in [0.25, 0.3) is 0 Å². The Morgan fingerprint density at radius 2 is 1.51 bits per heavy atom. The number of hydrogen-bond donors (Lipinski definition) is 1. The molecule has 0 aliphatic carbocycles. The molecule has 35 heavy (non-hydrogen) atoms. The zero-order chi connectivity index (χ0) is 24.8. The Labute approximate surface area is 213 Å². The van der Waals surface area contributed by atoms with Crippen LogP contribution >= 0.6 is 23.2 Å². The Bertz CT molecular complexity index is 1310. The number of fused-ring (bicyclic) bond motifs is 1. The minimum atomic E-state index is 0.209. The average Bonchev–Trinajstić information content (AvgIpc) is 2.85. The predicted octanol–water partition coefficient (Wildman–Crippen LogP) is 7.07. The van der Waals surface area contributed by atoms with Gasteiger partial charge in [-0.1, -0.05) is 29.3 Å². The van der Waals surface area contributed by atoms with E-state index in [2.05, 4.69) is 15.3 Å². The zero-order valence-electron chi connectivity index (χ0n) is 19.6. The topological polar surface area (TPSA) is 74.7 Å². The molecule has 1 heterocycles. The van der Waals surface area contributed by atoms with Crippen LogP contribution < -0.4 is 24.3 Å². The molecule has 0 fully saturated rings. The fourth-order valence-corrected chi connectivity index (χ4v) is 4.03. The van der Waals surface area contributed by atoms with E-state index in [1.165, 1.54) is 6.33 Å². The maximum absolute atomic E-state index is 6.26. The number of nitrogens with zero attached hydrogens (tertiary/aromatic N) is 2. The van der Waals surface area contributed by atoms with Crippen molar-refractivity contribution in [2.24, 2.45) is 0 Å². The molecular formula is C26H25Cl2N3O4. The first-order valence-corrected chi connectivity index (χ1v) is 11.8. The highest BCUT2D eigenvalue weighted by molar-refractivity contribution is 6.35. The van der Waals surface area contributed by atoms with Gasteiger partial charge < -0.3 is 24.3 Å². The molecule has 0 radical (unpaired) electrons. The van der Waals surface area contributed by atoms with Crippen molar-refractivity contribution in [3.8, 4) is 23.0 Å². The normalized spacial score (nSPS) is 10.8. The second-order valence-electron chi connectivity index (χ2n) is 7.38. The van der Waals surface area contributed by atoms with Gasteiger partial charge in [-0.05, 0) is 44.2 Å². The molecule has 0 atom stereocenters. The van der Waals surface area contributed by atoms with Crippen molar-refractivity contribution >= 4 is 45.6 Å². The Kier molecular flexibility index (Phi) is 8.00. The van der Waals surface area contributed by atoms with E-state index in [9.17, 15) is 0 Å². The van der Waals surface area contributed by atoms with Crippen molar-refractivity contribution in [3.63, 3.8) is 0 Å². The van der Waals surface area contributed by atoms with E-state index >= 15 is 0 Å². The predicted molar refractivity (Wildman–Crippen MR) is 139 cm³/mol. The van der Waals surface area contributed by atoms with Crippen molar-refractivity contribution in [2.75, 3.05) is 25.6 Å². The lowest BCUT2D eigenvalue weighted by molar-refractivity contribution is 0.285. The summed E-state index contributed by atoms with van der Waals surface area (Å²) in [5, 5.41) is 5.23. The van der Waals surface area contributed by atoms with Gasteiger partial charge >= 0.3 is 0 Å². The van der Waals surface area contributed by atoms with Gasteiger partial charge in [0.05, 0.1) is 25.8 Å². The summed E-state index contributed by atoms with van der Waals surface area (Å²) in [5.41, 5.74) is 2.21. The Hall–Kier alpha value is -3.42. The molecule has 0 spiro atoms. The van der Waals surface area contributed by atoms with Gasteiger partial charge in [-0.25, -0.2) is 9.97 Å². The third-order valence-electron chi connectivity index (χ3n) is 5.16. The van der Waals surface area contributed by atoms with E-state index in [1.807, 2.05) is 44.2 Å². The van der Waals surface area contributed by atoms with Crippen molar-refractivity contribution in [2.45, 2.75) is 20.5 Å². The minimum Gasteiger partial charge on any atom is -0.493 e. The third-order valence-corrected chi connectivity index (χ3v) is 5.87. The summed E-state index contributed by atoms with van der Waals surface area (Å²) in [5.74, 6) is 3.01. The van der Waals surface area contributed by atoms with Crippen LogP contribution in [0, 0.1) is 0 Å². The quantitative estimate of drug-likeness (QED) is 0.243. The number of nitrogens with one attached hydrogen (secondary N) is 1. The maximum atomic E-state index is 6.26. The molecule has 0 saturated heterocycles. The molecule has 0 bridgehead atoms. The van der Waals surface area contributed by atoms with Crippen LogP contribution in [0.15, 0.2) is 54.9 Å². The summed E-state index contributed by atoms with van der Waals surface area (Å²) in [6.07, 6.45) is 1.50. The summed E-state index contributed by atoms with van der Waals surface area (Å²) in [7, 11) is 1.58. The lowest BCUT2D eigenvalue weighted by atomic mass is 10.2. The number of methoxy groups -OCH3 is 1. The number of rotatable bonds is 10. The summed E-state index contributed by atoms with van der Waals surface area (Å²) in [4.78, 5) is 8.82. The fraction of sp³-hybridized carbons (Fsp3) is 0.231. The Morgan fingerprint density at radius 3 is 2.20 bits per heavy atom. The minimum absolute atomic E-state index is 0.209. The Balaban J connectivity index is 1.60. The van der Waals surface area contributed by atoms with Crippen LogP contribution in [0.1, 0.15) is 19.4 Å². The van der Waals surface area contributed by atoms with E-state index in [0.29, 0.717) is 57.6 Å². The van der Waals surface area contributed by atoms with Gasteiger partial charge in [-0.3, -0.25) is 0 Å². The van der Waals surface area contributed by atoms with Crippen molar-refractivity contribution in [1.82, 2.24) is 9.97 Å². The van der Waals surface area contributed by atoms with Gasteiger partial charge in [0.15, 0.2) is 23.0 Å². The standard InChI is InChI=1S/C26H25Cl2N3O4/c1-4-33-24-12-17-21(13-25(24)34-5-2)29-15-30-26(17)31-16-9-10-22(23(11-16)32-3)35-14-18-19(27)7-6-8-20(18)28/h6-13,15H,4-5,14H2,1-3H3,(H,29,30,31). The lowest BCUT2D eigenvalue weighted by Crippen LogP contribution is -2.02. The van der Waals surface area contributed by atoms with Crippen LogP contribution in [0.2, 0.25) is 10.0 Å². The van der Waals surface area contributed by atoms with Crippen LogP contribution in [0.5, 0.6) is 23.0 Å². The van der Waals surface area contributed by atoms with Crippen LogP contribution in [0.3, 0.4) is 0 Å². The van der Waals surface area contributed by atoms with Crippen molar-refractivity contribution in [1.29, 1.82) is 0 Å².